The van der Waals surface area contributed by atoms with E-state index in [9.17, 15) is 67.1 Å². The van der Waals surface area contributed by atoms with Crippen molar-refractivity contribution in [2.75, 3.05) is 105 Å². The number of aldehydes is 7. The molecule has 2 saturated carbocycles. The number of carbonyl (C=O) groups is 14. The molecule has 0 aromatic heterocycles. The average molecular weight is 1740 g/mol. The van der Waals surface area contributed by atoms with E-state index in [-0.39, 0.29) is 71.8 Å². The van der Waals surface area contributed by atoms with Gasteiger partial charge < -0.3 is 121 Å². The molecule has 34 nitrogen and oxygen atoms in total. The Labute approximate surface area is 726 Å². The number of nitrogens with one attached hydrogen (secondary N) is 3. The predicted molar refractivity (Wildman–Crippen MR) is 456 cm³/mol. The normalized spacial score (nSPS) is 23.6. The summed E-state index contributed by atoms with van der Waals surface area (Å²) in [6.45, 7) is 57.6. The summed E-state index contributed by atoms with van der Waals surface area (Å²) in [4.78, 5) is 161. The molecule has 2 aliphatic carbocycles. The van der Waals surface area contributed by atoms with Crippen LogP contribution in [-0.2, 0) is 90.4 Å². The molecule has 6 atom stereocenters. The van der Waals surface area contributed by atoms with Gasteiger partial charge in [-0.2, -0.15) is 0 Å². The molecule has 3 N–H and O–H groups in total. The highest BCUT2D eigenvalue weighted by Gasteiger charge is 2.55. The lowest BCUT2D eigenvalue weighted by atomic mass is 9.75. The molecule has 702 valence electrons. The van der Waals surface area contributed by atoms with Gasteiger partial charge in [-0.25, -0.2) is 33.6 Å². The third-order valence-corrected chi connectivity index (χ3v) is 19.0. The largest absolute Gasteiger partial charge is 0.444 e. The molecule has 9 heterocycles. The molecule has 0 radical (unpaired) electrons. The lowest BCUT2D eigenvalue weighted by Crippen LogP contribution is -2.47. The Morgan fingerprint density at radius 3 is 1.32 bits per heavy atom. The second kappa shape index (κ2) is 50.5. The second-order valence-corrected chi connectivity index (χ2v) is 40.1. The molecule has 0 aromatic rings. The molecule has 9 aliphatic heterocycles. The first-order chi connectivity index (χ1) is 56.3. The molecule has 11 fully saturated rings. The molecule has 0 aromatic carbocycles. The van der Waals surface area contributed by atoms with E-state index in [1.54, 1.807) is 39.5 Å². The van der Waals surface area contributed by atoms with Crippen molar-refractivity contribution < 1.29 is 124 Å². The molecule has 11 rings (SSSR count). The van der Waals surface area contributed by atoms with Crippen LogP contribution in [0.15, 0.2) is 0 Å². The van der Waals surface area contributed by atoms with Crippen LogP contribution in [0.2, 0.25) is 0 Å². The van der Waals surface area contributed by atoms with Crippen molar-refractivity contribution in [3.63, 3.8) is 0 Å². The van der Waals surface area contributed by atoms with E-state index in [4.69, 9.17) is 52.1 Å². The minimum absolute atomic E-state index is 0.0463. The van der Waals surface area contributed by atoms with Crippen LogP contribution in [-0.4, -0.2) is 303 Å². The van der Waals surface area contributed by atoms with Crippen molar-refractivity contribution in [2.45, 2.75) is 356 Å². The fourth-order valence-corrected chi connectivity index (χ4v) is 12.1. The maximum atomic E-state index is 11.7. The first-order valence-corrected chi connectivity index (χ1v) is 43.2. The van der Waals surface area contributed by atoms with Gasteiger partial charge in [0, 0.05) is 64.2 Å². The summed E-state index contributed by atoms with van der Waals surface area (Å²) in [5.41, 5.74) is -3.65. The maximum absolute atomic E-state index is 11.7. The van der Waals surface area contributed by atoms with E-state index in [1.807, 2.05) is 132 Å². The number of epoxide rings is 4. The van der Waals surface area contributed by atoms with Crippen LogP contribution < -0.4 is 16.0 Å². The highest BCUT2D eigenvalue weighted by molar-refractivity contribution is 5.77. The number of hydrogen-bond donors (Lipinski definition) is 3. The zero-order valence-corrected chi connectivity index (χ0v) is 78.4. The van der Waals surface area contributed by atoms with Crippen LogP contribution in [0.5, 0.6) is 0 Å². The third-order valence-electron chi connectivity index (χ3n) is 19.0. The standard InChI is InChI=1S/3C11H19NO3.C10H17NO4.C10H17NO3.2C9H17NO3.C8H15NO.C6H10O.C3H4O2/c1-10(2,3)15-9(13)12-6-8-4-11(5-8)7-14-11;1-10(2,3)15-9(13)12-6-4-11(5-7-12)8-14-11;1-8-5-9(7-13)12(6-8)10(14)15-11(2,3)4;1-10(2,3)15-9(13)11-4-5-14-8(6-11)7-12;1-10(2,3)14-9(13)11-6-4-5-8(11)7-12;1-9(2,3)13-8(11)10-5-4-7-6-12-7;1-8(2,3)13-7(12)10-9(4,5)6-11;10-8-4-7-9-5-2-1-3-6-9;1-2-6(5-7)3-4-6;4-1-3-2-5-3/h8H,4-7H2,1-3H3,(H,12,13);4-8H2,1-3H3;7-9H,5-6H2,1-4H3;7-8H,4-6H2,1-3H3;7-8H,4-6H2,1-3H3;7H,4-6H2,1-3H3,(H,10,11);6H,1-5H3,(H,10,12);8H,1-7H2;5H,2-4H2,1H3;1,3H,2H2. The van der Waals surface area contributed by atoms with Crippen molar-refractivity contribution in [1.29, 1.82) is 0 Å². The fraction of sp³-hybridized carbons (Fsp3) is 0.841. The van der Waals surface area contributed by atoms with Gasteiger partial charge in [0.25, 0.3) is 0 Å². The van der Waals surface area contributed by atoms with Crippen LogP contribution in [0.4, 0.5) is 33.6 Å². The highest BCUT2D eigenvalue weighted by Crippen LogP contribution is 2.50. The predicted octanol–water partition coefficient (Wildman–Crippen LogP) is 12.5. The van der Waals surface area contributed by atoms with Gasteiger partial charge in [-0.15, -0.1) is 0 Å². The van der Waals surface area contributed by atoms with E-state index >= 15 is 0 Å². The van der Waals surface area contributed by atoms with Crippen LogP contribution in [0.3, 0.4) is 0 Å². The van der Waals surface area contributed by atoms with Crippen LogP contribution in [0.1, 0.15) is 269 Å². The molecular weight excluding hydrogens is 1580 g/mol. The van der Waals surface area contributed by atoms with Gasteiger partial charge in [-0.3, -0.25) is 9.80 Å². The monoisotopic (exact) mass is 1740 g/mol. The van der Waals surface area contributed by atoms with Crippen molar-refractivity contribution in [2.24, 2.45) is 17.3 Å². The SMILES string of the molecule is CC(C)(C)OC(=O)N1CCC2(CC1)CO2.CC(C)(C)OC(=O)N1CCCC1C=O.CC(C)(C)OC(=O)N1CCOC(C=O)C1.CC(C)(C)OC(=O)NCC1CC2(CO2)C1.CC(C)(C)OC(=O)NCCC1CO1.CC(C)(C=O)NC(=O)OC(C)(C)C.CC1CC(C=O)N(C(=O)OC(C)(C)C)C1.CCC1(C=O)CC1.O=CC1CO1.O=CCCN1CCCCC1. The highest BCUT2D eigenvalue weighted by atomic mass is 16.6. The molecule has 11 aliphatic rings. The van der Waals surface area contributed by atoms with Crippen molar-refractivity contribution >= 4 is 86.7 Å². The molecule has 34 heteroatoms. The van der Waals surface area contributed by atoms with Gasteiger partial charge in [0.2, 0.25) is 0 Å². The molecule has 0 bridgehead atoms. The fourth-order valence-electron chi connectivity index (χ4n) is 12.1. The van der Waals surface area contributed by atoms with Crippen LogP contribution >= 0.6 is 0 Å². The number of morpholine rings is 1. The van der Waals surface area contributed by atoms with Gasteiger partial charge in [0.05, 0.1) is 74.5 Å². The summed E-state index contributed by atoms with van der Waals surface area (Å²) in [6, 6.07) is -0.598. The van der Waals surface area contributed by atoms with Gasteiger partial charge in [0.1, 0.15) is 82.8 Å². The first kappa shape index (κ1) is 110. The Morgan fingerprint density at radius 2 is 0.926 bits per heavy atom. The molecule has 2 spiro atoms. The average Bonchev–Trinajstić information content (AvgIpc) is 1.60. The molecule has 6 unspecified atom stereocenters. The van der Waals surface area contributed by atoms with Crippen LogP contribution in [0, 0.1) is 17.3 Å². The van der Waals surface area contributed by atoms with E-state index in [0.29, 0.717) is 82.9 Å². The summed E-state index contributed by atoms with van der Waals surface area (Å²) < 4.78 is 61.4. The number of amides is 7. The Hall–Kier alpha value is -7.66. The van der Waals surface area contributed by atoms with Crippen molar-refractivity contribution in [3.05, 3.63) is 0 Å². The van der Waals surface area contributed by atoms with E-state index in [2.05, 4.69) is 32.5 Å². The number of alkyl carbamates (subject to hydrolysis) is 3. The molecule has 7 amide bonds. The summed E-state index contributed by atoms with van der Waals surface area (Å²) in [7, 11) is 0. The zero-order chi connectivity index (χ0) is 92.9. The number of ether oxygens (including phenoxy) is 12. The number of hydrogen-bond acceptors (Lipinski definition) is 27. The minimum Gasteiger partial charge on any atom is -0.444 e. The van der Waals surface area contributed by atoms with E-state index in [0.717, 1.165) is 142 Å². The van der Waals surface area contributed by atoms with Gasteiger partial charge in [0.15, 0.2) is 12.6 Å². The third kappa shape index (κ3) is 52.2. The smallest absolute Gasteiger partial charge is 0.410 e. The Morgan fingerprint density at radius 1 is 0.467 bits per heavy atom. The molecule has 122 heavy (non-hydrogen) atoms. The second-order valence-electron chi connectivity index (χ2n) is 40.1. The summed E-state index contributed by atoms with van der Waals surface area (Å²) in [5, 5.41) is 7.89. The molecular formula is C88H154N8O26. The zero-order valence-electron chi connectivity index (χ0n) is 78.4. The van der Waals surface area contributed by atoms with E-state index in [1.165, 1.54) is 47.1 Å². The number of carbonyl (C=O) groups excluding carboxylic acids is 14. The van der Waals surface area contributed by atoms with E-state index < -0.39 is 63.0 Å². The number of nitrogens with zero attached hydrogens (tertiary/aromatic N) is 5. The Balaban J connectivity index is 0.000000464. The van der Waals surface area contributed by atoms with Crippen molar-refractivity contribution in [3.8, 4) is 0 Å². The van der Waals surface area contributed by atoms with Gasteiger partial charge >= 0.3 is 42.7 Å². The first-order valence-electron chi connectivity index (χ1n) is 43.2. The number of piperidine rings is 2. The Bertz CT molecular complexity index is 3230. The van der Waals surface area contributed by atoms with Crippen LogP contribution in [0.25, 0.3) is 0 Å². The maximum Gasteiger partial charge on any atom is 0.410 e. The summed E-state index contributed by atoms with van der Waals surface area (Å²) >= 11 is 0. The quantitative estimate of drug-likeness (QED) is 0.0734. The lowest BCUT2D eigenvalue weighted by molar-refractivity contribution is -0.123. The topological polar surface area (TPSA) is 415 Å². The lowest BCUT2D eigenvalue weighted by Gasteiger charge is -2.33. The minimum atomic E-state index is -0.873. The summed E-state index contributed by atoms with van der Waals surface area (Å²) in [5.74, 6) is 0.938. The summed E-state index contributed by atoms with van der Waals surface area (Å²) in [6.07, 6.45) is 18.4. The Kier molecular flexibility index (Phi) is 45.7. The van der Waals surface area contributed by atoms with Gasteiger partial charge in [-0.1, -0.05) is 20.3 Å². The number of rotatable bonds is 16. The number of likely N-dealkylation sites (tertiary alicyclic amines) is 4. The van der Waals surface area contributed by atoms with Crippen molar-refractivity contribution in [1.82, 2.24) is 40.4 Å². The van der Waals surface area contributed by atoms with Gasteiger partial charge in [-0.05, 0) is 268 Å². The molecule has 9 saturated heterocycles.